The summed E-state index contributed by atoms with van der Waals surface area (Å²) in [4.78, 5) is 2.11. The van der Waals surface area contributed by atoms with E-state index in [2.05, 4.69) is 4.90 Å². The normalized spacial score (nSPS) is 13.1. The molecule has 0 amide bonds. The second-order valence-electron chi connectivity index (χ2n) is 4.48. The van der Waals surface area contributed by atoms with Crippen LogP contribution >= 0.6 is 0 Å². The topological polar surface area (TPSA) is 51.2 Å². The Morgan fingerprint density at radius 2 is 2.00 bits per heavy atom. The molecule has 2 rings (SSSR count). The van der Waals surface area contributed by atoms with Crippen LogP contribution in [0, 0.1) is 0 Å². The smallest absolute Gasteiger partial charge is 0.231 e. The minimum absolute atomic E-state index is 0.0698. The number of nitrogens with zero attached hydrogens (tertiary/aromatic N) is 1. The standard InChI is InChI=1S/C13H19NO4/c1-14(2)4-3-5-16-11-7-13-12(17-9-18-13)6-10(11)8-15/h6-7,15H,3-5,8-9H2,1-2H3. The Bertz CT molecular complexity index is 406. The minimum atomic E-state index is -0.0698. The van der Waals surface area contributed by atoms with Crippen LogP contribution in [0.15, 0.2) is 12.1 Å². The number of fused-ring (bicyclic) bond motifs is 1. The summed E-state index contributed by atoms with van der Waals surface area (Å²) in [6.07, 6.45) is 0.937. The van der Waals surface area contributed by atoms with Crippen molar-refractivity contribution in [3.8, 4) is 17.2 Å². The molecule has 0 aromatic heterocycles. The van der Waals surface area contributed by atoms with E-state index in [1.165, 1.54) is 0 Å². The number of aliphatic hydroxyl groups excluding tert-OH is 1. The number of hydrogen-bond acceptors (Lipinski definition) is 5. The van der Waals surface area contributed by atoms with Gasteiger partial charge in [-0.05, 0) is 26.6 Å². The van der Waals surface area contributed by atoms with Crippen LogP contribution in [-0.4, -0.2) is 44.0 Å². The molecule has 18 heavy (non-hydrogen) atoms. The zero-order valence-electron chi connectivity index (χ0n) is 10.8. The maximum atomic E-state index is 9.31. The van der Waals surface area contributed by atoms with Crippen molar-refractivity contribution in [2.24, 2.45) is 0 Å². The number of benzene rings is 1. The summed E-state index contributed by atoms with van der Waals surface area (Å²) in [6, 6.07) is 3.55. The lowest BCUT2D eigenvalue weighted by atomic mass is 10.2. The Morgan fingerprint density at radius 1 is 1.28 bits per heavy atom. The molecule has 100 valence electrons. The molecule has 0 spiro atoms. The van der Waals surface area contributed by atoms with Gasteiger partial charge in [-0.1, -0.05) is 0 Å². The summed E-state index contributed by atoms with van der Waals surface area (Å²) in [5.41, 5.74) is 0.726. The molecule has 0 aliphatic carbocycles. The van der Waals surface area contributed by atoms with Crippen molar-refractivity contribution < 1.29 is 19.3 Å². The Labute approximate surface area is 107 Å². The van der Waals surface area contributed by atoms with Gasteiger partial charge in [0.15, 0.2) is 11.5 Å². The van der Waals surface area contributed by atoms with Crippen molar-refractivity contribution in [3.63, 3.8) is 0 Å². The summed E-state index contributed by atoms with van der Waals surface area (Å²) >= 11 is 0. The number of ether oxygens (including phenoxy) is 3. The lowest BCUT2D eigenvalue weighted by Gasteiger charge is -2.13. The van der Waals surface area contributed by atoms with E-state index in [-0.39, 0.29) is 13.4 Å². The Morgan fingerprint density at radius 3 is 2.67 bits per heavy atom. The molecule has 0 fully saturated rings. The summed E-state index contributed by atoms with van der Waals surface area (Å²) in [5.74, 6) is 2.01. The highest BCUT2D eigenvalue weighted by atomic mass is 16.7. The third-order valence-electron chi connectivity index (χ3n) is 2.73. The molecule has 1 heterocycles. The zero-order valence-corrected chi connectivity index (χ0v) is 10.8. The Balaban J connectivity index is 1.98. The second-order valence-corrected chi connectivity index (χ2v) is 4.48. The fourth-order valence-corrected chi connectivity index (χ4v) is 1.79. The fourth-order valence-electron chi connectivity index (χ4n) is 1.79. The van der Waals surface area contributed by atoms with Crippen LogP contribution in [0.25, 0.3) is 0 Å². The number of rotatable bonds is 6. The van der Waals surface area contributed by atoms with Crippen LogP contribution in [0.1, 0.15) is 12.0 Å². The first-order valence-electron chi connectivity index (χ1n) is 6.01. The average Bonchev–Trinajstić information content (AvgIpc) is 2.80. The molecular formula is C13H19NO4. The van der Waals surface area contributed by atoms with Gasteiger partial charge >= 0.3 is 0 Å². The van der Waals surface area contributed by atoms with Crippen LogP contribution in [-0.2, 0) is 6.61 Å². The lowest BCUT2D eigenvalue weighted by Crippen LogP contribution is -2.15. The largest absolute Gasteiger partial charge is 0.493 e. The summed E-state index contributed by atoms with van der Waals surface area (Å²) in [6.45, 7) is 1.74. The van der Waals surface area contributed by atoms with Crippen molar-refractivity contribution in [2.75, 3.05) is 34.0 Å². The Hall–Kier alpha value is -1.46. The summed E-state index contributed by atoms with van der Waals surface area (Å²) < 4.78 is 16.2. The van der Waals surface area contributed by atoms with E-state index in [0.717, 1.165) is 18.5 Å². The van der Waals surface area contributed by atoms with Gasteiger partial charge in [-0.25, -0.2) is 0 Å². The van der Waals surface area contributed by atoms with Crippen LogP contribution in [0.3, 0.4) is 0 Å². The molecule has 1 aromatic carbocycles. The van der Waals surface area contributed by atoms with Crippen molar-refractivity contribution in [1.29, 1.82) is 0 Å². The number of aliphatic hydroxyl groups is 1. The molecule has 5 heteroatoms. The van der Waals surface area contributed by atoms with Gasteiger partial charge in [0, 0.05) is 18.2 Å². The van der Waals surface area contributed by atoms with E-state index < -0.39 is 0 Å². The monoisotopic (exact) mass is 253 g/mol. The molecule has 5 nitrogen and oxygen atoms in total. The molecule has 0 atom stereocenters. The highest BCUT2D eigenvalue weighted by Crippen LogP contribution is 2.38. The highest BCUT2D eigenvalue weighted by molar-refractivity contribution is 5.51. The predicted molar refractivity (Wildman–Crippen MR) is 67.2 cm³/mol. The molecule has 0 bridgehead atoms. The minimum Gasteiger partial charge on any atom is -0.493 e. The first-order chi connectivity index (χ1) is 8.70. The van der Waals surface area contributed by atoms with E-state index in [0.29, 0.717) is 23.9 Å². The summed E-state index contributed by atoms with van der Waals surface area (Å²) in [5, 5.41) is 9.31. The molecule has 1 aliphatic rings. The second kappa shape index (κ2) is 5.93. The van der Waals surface area contributed by atoms with Gasteiger partial charge in [0.2, 0.25) is 6.79 Å². The highest BCUT2D eigenvalue weighted by Gasteiger charge is 2.17. The fraction of sp³-hybridized carbons (Fsp3) is 0.538. The van der Waals surface area contributed by atoms with Crippen molar-refractivity contribution >= 4 is 0 Å². The van der Waals surface area contributed by atoms with E-state index in [1.54, 1.807) is 12.1 Å². The molecule has 0 unspecified atom stereocenters. The SMILES string of the molecule is CN(C)CCCOc1cc2c(cc1CO)OCO2. The van der Waals surface area contributed by atoms with E-state index in [9.17, 15) is 5.11 Å². The molecule has 0 saturated heterocycles. The van der Waals surface area contributed by atoms with Gasteiger partial charge in [-0.2, -0.15) is 0 Å². The molecular weight excluding hydrogens is 234 g/mol. The van der Waals surface area contributed by atoms with Gasteiger partial charge in [0.1, 0.15) is 5.75 Å². The lowest BCUT2D eigenvalue weighted by molar-refractivity contribution is 0.173. The first-order valence-corrected chi connectivity index (χ1v) is 6.01. The van der Waals surface area contributed by atoms with E-state index in [4.69, 9.17) is 14.2 Å². The van der Waals surface area contributed by atoms with Crippen molar-refractivity contribution in [2.45, 2.75) is 13.0 Å². The predicted octanol–water partition coefficient (Wildman–Crippen LogP) is 1.24. The molecule has 1 N–H and O–H groups in total. The maximum absolute atomic E-state index is 9.31. The van der Waals surface area contributed by atoms with Gasteiger partial charge in [-0.15, -0.1) is 0 Å². The third-order valence-corrected chi connectivity index (χ3v) is 2.73. The quantitative estimate of drug-likeness (QED) is 0.773. The molecule has 0 saturated carbocycles. The first kappa shape index (κ1) is 13.0. The Kier molecular flexibility index (Phi) is 4.28. The molecule has 0 radical (unpaired) electrons. The molecule has 1 aliphatic heterocycles. The van der Waals surface area contributed by atoms with Crippen molar-refractivity contribution in [1.82, 2.24) is 4.90 Å². The van der Waals surface area contributed by atoms with E-state index >= 15 is 0 Å². The van der Waals surface area contributed by atoms with E-state index in [1.807, 2.05) is 14.1 Å². The van der Waals surface area contributed by atoms with Gasteiger partial charge in [0.05, 0.1) is 13.2 Å². The maximum Gasteiger partial charge on any atom is 0.231 e. The van der Waals surface area contributed by atoms with Gasteiger partial charge in [0.25, 0.3) is 0 Å². The third kappa shape index (κ3) is 3.05. The van der Waals surface area contributed by atoms with Crippen LogP contribution in [0.2, 0.25) is 0 Å². The average molecular weight is 253 g/mol. The van der Waals surface area contributed by atoms with Crippen LogP contribution < -0.4 is 14.2 Å². The van der Waals surface area contributed by atoms with Crippen molar-refractivity contribution in [3.05, 3.63) is 17.7 Å². The number of hydrogen-bond donors (Lipinski definition) is 1. The molecule has 1 aromatic rings. The zero-order chi connectivity index (χ0) is 13.0. The van der Waals surface area contributed by atoms with Gasteiger partial charge < -0.3 is 24.2 Å². The van der Waals surface area contributed by atoms with Crippen LogP contribution in [0.5, 0.6) is 17.2 Å². The van der Waals surface area contributed by atoms with Gasteiger partial charge in [-0.3, -0.25) is 0 Å². The summed E-state index contributed by atoms with van der Waals surface area (Å²) in [7, 11) is 4.06. The van der Waals surface area contributed by atoms with Crippen LogP contribution in [0.4, 0.5) is 0 Å².